The number of phenols is 2. The van der Waals surface area contributed by atoms with Gasteiger partial charge in [0.05, 0.1) is 5.56 Å². The fraction of sp³-hybridized carbons (Fsp3) is 0.167. The molecule has 1 heterocycles. The molecule has 0 bridgehead atoms. The van der Waals surface area contributed by atoms with E-state index >= 15 is 0 Å². The van der Waals surface area contributed by atoms with Crippen LogP contribution in [0.4, 0.5) is 5.82 Å². The van der Waals surface area contributed by atoms with Gasteiger partial charge in [-0.15, -0.1) is 0 Å². The number of nitrogens with zero attached hydrogens (tertiary/aromatic N) is 1. The summed E-state index contributed by atoms with van der Waals surface area (Å²) >= 11 is 0. The van der Waals surface area contributed by atoms with Crippen molar-refractivity contribution in [2.24, 2.45) is 0 Å². The number of aromatic amines is 1. The zero-order valence-electron chi connectivity index (χ0n) is 9.77. The number of aryl methyl sites for hydroxylation is 1. The average Bonchev–Trinajstić information content (AvgIpc) is 2.80. The summed E-state index contributed by atoms with van der Waals surface area (Å²) in [6.07, 6.45) is 0.778. The molecule has 1 amide bonds. The maximum Gasteiger partial charge on any atom is 0.260 e. The van der Waals surface area contributed by atoms with Crippen molar-refractivity contribution in [3.05, 3.63) is 35.5 Å². The zero-order chi connectivity index (χ0) is 13.1. The predicted molar refractivity (Wildman–Crippen MR) is 65.7 cm³/mol. The van der Waals surface area contributed by atoms with Gasteiger partial charge in [-0.05, 0) is 24.6 Å². The van der Waals surface area contributed by atoms with Crippen molar-refractivity contribution in [3.63, 3.8) is 0 Å². The molecule has 18 heavy (non-hydrogen) atoms. The normalized spacial score (nSPS) is 10.3. The summed E-state index contributed by atoms with van der Waals surface area (Å²) in [6.45, 7) is 1.96. The molecule has 1 aromatic carbocycles. The maximum absolute atomic E-state index is 11.8. The van der Waals surface area contributed by atoms with E-state index < -0.39 is 5.91 Å². The second kappa shape index (κ2) is 4.79. The number of rotatable bonds is 3. The lowest BCUT2D eigenvalue weighted by Gasteiger charge is -2.04. The number of carbonyl (C=O) groups is 1. The molecule has 4 N–H and O–H groups in total. The first-order valence-corrected chi connectivity index (χ1v) is 5.47. The van der Waals surface area contributed by atoms with Crippen molar-refractivity contribution in [3.8, 4) is 11.5 Å². The molecule has 2 rings (SSSR count). The first-order chi connectivity index (χ1) is 8.60. The van der Waals surface area contributed by atoms with Gasteiger partial charge in [0.15, 0.2) is 5.82 Å². The number of carbonyl (C=O) groups excluding carboxylic acids is 1. The Morgan fingerprint density at radius 3 is 2.83 bits per heavy atom. The van der Waals surface area contributed by atoms with Crippen LogP contribution >= 0.6 is 0 Å². The molecule has 0 unspecified atom stereocenters. The predicted octanol–water partition coefficient (Wildman–Crippen LogP) is 1.64. The molecule has 0 aliphatic heterocycles. The van der Waals surface area contributed by atoms with Crippen molar-refractivity contribution in [2.45, 2.75) is 13.3 Å². The van der Waals surface area contributed by atoms with Crippen molar-refractivity contribution in [1.82, 2.24) is 10.2 Å². The highest BCUT2D eigenvalue weighted by Crippen LogP contribution is 2.22. The number of amides is 1. The summed E-state index contributed by atoms with van der Waals surface area (Å²) in [6, 6.07) is 5.46. The van der Waals surface area contributed by atoms with E-state index in [-0.39, 0.29) is 17.1 Å². The van der Waals surface area contributed by atoms with Crippen LogP contribution in [0.5, 0.6) is 11.5 Å². The minimum absolute atomic E-state index is 0.00366. The van der Waals surface area contributed by atoms with Crippen LogP contribution in [0.15, 0.2) is 24.3 Å². The van der Waals surface area contributed by atoms with Crippen LogP contribution in [0.25, 0.3) is 0 Å². The standard InChI is InChI=1S/C12H13N3O3/c1-2-7-5-11(15-14-7)13-12(18)9-6-8(16)3-4-10(9)17/h3-6,16-17H,2H2,1H3,(H2,13,14,15,18). The summed E-state index contributed by atoms with van der Waals surface area (Å²) in [4.78, 5) is 11.8. The van der Waals surface area contributed by atoms with E-state index in [0.717, 1.165) is 12.1 Å². The van der Waals surface area contributed by atoms with E-state index in [4.69, 9.17) is 0 Å². The number of hydrogen-bond acceptors (Lipinski definition) is 4. The number of phenolic OH excluding ortho intramolecular Hbond substituents is 2. The van der Waals surface area contributed by atoms with Crippen molar-refractivity contribution in [2.75, 3.05) is 5.32 Å². The number of aromatic nitrogens is 2. The molecule has 0 atom stereocenters. The number of aromatic hydroxyl groups is 2. The highest BCUT2D eigenvalue weighted by Gasteiger charge is 2.13. The molecule has 94 valence electrons. The number of anilines is 1. The fourth-order valence-electron chi connectivity index (χ4n) is 1.50. The van der Waals surface area contributed by atoms with Crippen molar-refractivity contribution >= 4 is 11.7 Å². The number of nitrogens with one attached hydrogen (secondary N) is 2. The Bertz CT molecular complexity index is 578. The Kier molecular flexibility index (Phi) is 3.18. The van der Waals surface area contributed by atoms with Crippen molar-refractivity contribution in [1.29, 1.82) is 0 Å². The monoisotopic (exact) mass is 247 g/mol. The van der Waals surface area contributed by atoms with Crippen LogP contribution in [0, 0.1) is 0 Å². The molecule has 0 aliphatic carbocycles. The van der Waals surface area contributed by atoms with Crippen LogP contribution in [-0.4, -0.2) is 26.3 Å². The summed E-state index contributed by atoms with van der Waals surface area (Å²) < 4.78 is 0. The Hall–Kier alpha value is -2.50. The van der Waals surface area contributed by atoms with Gasteiger partial charge in [-0.2, -0.15) is 5.10 Å². The van der Waals surface area contributed by atoms with Gasteiger partial charge in [-0.1, -0.05) is 6.92 Å². The third kappa shape index (κ3) is 2.42. The van der Waals surface area contributed by atoms with Gasteiger partial charge in [-0.25, -0.2) is 0 Å². The summed E-state index contributed by atoms with van der Waals surface area (Å²) in [5, 5.41) is 28.0. The average molecular weight is 247 g/mol. The van der Waals surface area contributed by atoms with Gasteiger partial charge in [0.1, 0.15) is 11.5 Å². The van der Waals surface area contributed by atoms with Gasteiger partial charge in [0.2, 0.25) is 0 Å². The minimum Gasteiger partial charge on any atom is -0.508 e. The summed E-state index contributed by atoms with van der Waals surface area (Å²) in [5.41, 5.74) is 0.890. The molecular weight excluding hydrogens is 234 g/mol. The molecule has 2 aromatic rings. The maximum atomic E-state index is 11.8. The molecule has 0 spiro atoms. The molecule has 0 aliphatic rings. The van der Waals surface area contributed by atoms with E-state index in [0.29, 0.717) is 5.82 Å². The Labute approximate surface area is 103 Å². The lowest BCUT2D eigenvalue weighted by Crippen LogP contribution is -2.12. The molecular formula is C12H13N3O3. The molecule has 6 nitrogen and oxygen atoms in total. The molecule has 6 heteroatoms. The minimum atomic E-state index is -0.530. The van der Waals surface area contributed by atoms with Crippen LogP contribution < -0.4 is 5.32 Å². The van der Waals surface area contributed by atoms with Crippen LogP contribution in [-0.2, 0) is 6.42 Å². The van der Waals surface area contributed by atoms with Gasteiger partial charge >= 0.3 is 0 Å². The zero-order valence-corrected chi connectivity index (χ0v) is 9.77. The van der Waals surface area contributed by atoms with E-state index in [2.05, 4.69) is 15.5 Å². The lowest BCUT2D eigenvalue weighted by molar-refractivity contribution is 0.102. The smallest absolute Gasteiger partial charge is 0.260 e. The van der Waals surface area contributed by atoms with E-state index in [9.17, 15) is 15.0 Å². The molecule has 0 saturated carbocycles. The Morgan fingerprint density at radius 2 is 2.17 bits per heavy atom. The van der Waals surface area contributed by atoms with Crippen LogP contribution in [0.1, 0.15) is 23.0 Å². The summed E-state index contributed by atoms with van der Waals surface area (Å²) in [5.74, 6) is -0.442. The highest BCUT2D eigenvalue weighted by molar-refractivity contribution is 6.05. The Morgan fingerprint density at radius 1 is 1.39 bits per heavy atom. The Balaban J connectivity index is 2.19. The van der Waals surface area contributed by atoms with Crippen LogP contribution in [0.2, 0.25) is 0 Å². The van der Waals surface area contributed by atoms with Gasteiger partial charge in [-0.3, -0.25) is 9.89 Å². The molecule has 0 radical (unpaired) electrons. The van der Waals surface area contributed by atoms with Crippen LogP contribution in [0.3, 0.4) is 0 Å². The number of hydrogen-bond donors (Lipinski definition) is 4. The molecule has 1 aromatic heterocycles. The van der Waals surface area contributed by atoms with E-state index in [1.807, 2.05) is 6.92 Å². The van der Waals surface area contributed by atoms with Gasteiger partial charge < -0.3 is 15.5 Å². The van der Waals surface area contributed by atoms with Crippen molar-refractivity contribution < 1.29 is 15.0 Å². The fourth-order valence-corrected chi connectivity index (χ4v) is 1.50. The molecule has 0 saturated heterocycles. The second-order valence-electron chi connectivity index (χ2n) is 3.79. The third-order valence-corrected chi connectivity index (χ3v) is 2.48. The van der Waals surface area contributed by atoms with E-state index in [1.54, 1.807) is 6.07 Å². The lowest BCUT2D eigenvalue weighted by atomic mass is 10.2. The second-order valence-corrected chi connectivity index (χ2v) is 3.79. The van der Waals surface area contributed by atoms with Gasteiger partial charge in [0.25, 0.3) is 5.91 Å². The van der Waals surface area contributed by atoms with Gasteiger partial charge in [0, 0.05) is 11.8 Å². The number of H-pyrrole nitrogens is 1. The number of benzene rings is 1. The first-order valence-electron chi connectivity index (χ1n) is 5.47. The topological polar surface area (TPSA) is 98.2 Å². The largest absolute Gasteiger partial charge is 0.508 e. The van der Waals surface area contributed by atoms with E-state index in [1.165, 1.54) is 18.2 Å². The third-order valence-electron chi connectivity index (χ3n) is 2.48. The molecule has 0 fully saturated rings. The summed E-state index contributed by atoms with van der Waals surface area (Å²) in [7, 11) is 0. The quantitative estimate of drug-likeness (QED) is 0.619. The first kappa shape index (κ1) is 12.0. The SMILES string of the molecule is CCc1cc(NC(=O)c2cc(O)ccc2O)n[nH]1. The highest BCUT2D eigenvalue weighted by atomic mass is 16.3.